The summed E-state index contributed by atoms with van der Waals surface area (Å²) in [4.78, 5) is 5.56. The van der Waals surface area contributed by atoms with Gasteiger partial charge in [-0.05, 0) is 49.1 Å². The summed E-state index contributed by atoms with van der Waals surface area (Å²) in [6.45, 7) is 7.01. The average Bonchev–Trinajstić information content (AvgIpc) is 3.43. The molecule has 0 aliphatic heterocycles. The van der Waals surface area contributed by atoms with E-state index in [1.54, 1.807) is 11.3 Å². The maximum atomic E-state index is 4.43. The van der Waals surface area contributed by atoms with Crippen LogP contribution in [0.3, 0.4) is 0 Å². The summed E-state index contributed by atoms with van der Waals surface area (Å²) in [6.07, 6.45) is 21.5. The van der Waals surface area contributed by atoms with E-state index in [0.29, 0.717) is 11.8 Å². The second kappa shape index (κ2) is 13.8. The first-order chi connectivity index (χ1) is 15.7. The van der Waals surface area contributed by atoms with Gasteiger partial charge < -0.3 is 0 Å². The van der Waals surface area contributed by atoms with Crippen LogP contribution in [0.2, 0.25) is 0 Å². The third kappa shape index (κ3) is 7.47. The van der Waals surface area contributed by atoms with Crippen LogP contribution in [0.4, 0.5) is 0 Å². The first kappa shape index (κ1) is 25.0. The molecule has 0 N–H and O–H groups in total. The Kier molecular flexibility index (Phi) is 10.8. The fourth-order valence-corrected chi connectivity index (χ4v) is 5.84. The van der Waals surface area contributed by atoms with E-state index < -0.39 is 0 Å². The average molecular weight is 453 g/mol. The normalized spacial score (nSPS) is 13.6. The zero-order valence-electron chi connectivity index (χ0n) is 20.7. The van der Waals surface area contributed by atoms with E-state index in [9.17, 15) is 0 Å². The number of imidazole rings is 1. The van der Waals surface area contributed by atoms with Gasteiger partial charge in [0.15, 0.2) is 4.96 Å². The number of hydrogen-bond donors (Lipinski definition) is 0. The zero-order valence-corrected chi connectivity index (χ0v) is 21.5. The maximum absolute atomic E-state index is 4.43. The molecule has 0 saturated heterocycles. The van der Waals surface area contributed by atoms with Crippen molar-refractivity contribution in [3.8, 4) is 0 Å². The van der Waals surface area contributed by atoms with E-state index >= 15 is 0 Å². The van der Waals surface area contributed by atoms with Gasteiger partial charge in [-0.1, -0.05) is 96.4 Å². The Morgan fingerprint density at radius 1 is 0.875 bits per heavy atom. The van der Waals surface area contributed by atoms with Crippen molar-refractivity contribution in [3.63, 3.8) is 0 Å². The predicted molar refractivity (Wildman–Crippen MR) is 141 cm³/mol. The lowest BCUT2D eigenvalue weighted by Gasteiger charge is -2.17. The predicted octanol–water partition coefficient (Wildman–Crippen LogP) is 9.55. The number of benzene rings is 1. The Morgan fingerprint density at radius 2 is 1.59 bits per heavy atom. The number of nitrogens with zero attached hydrogens (tertiary/aromatic N) is 2. The van der Waals surface area contributed by atoms with Crippen LogP contribution >= 0.6 is 11.3 Å². The van der Waals surface area contributed by atoms with Crippen LogP contribution < -0.4 is 0 Å². The van der Waals surface area contributed by atoms with Gasteiger partial charge in [-0.2, -0.15) is 0 Å². The second-order valence-corrected chi connectivity index (χ2v) is 10.5. The zero-order chi connectivity index (χ0) is 22.6. The van der Waals surface area contributed by atoms with Crippen LogP contribution in [0.1, 0.15) is 126 Å². The molecule has 2 heterocycles. The minimum Gasteiger partial charge on any atom is -0.294 e. The summed E-state index contributed by atoms with van der Waals surface area (Å²) in [6, 6.07) is 9.53. The van der Waals surface area contributed by atoms with Gasteiger partial charge in [0.2, 0.25) is 0 Å². The molecule has 0 amide bonds. The molecule has 2 atom stereocenters. The number of thiazole rings is 1. The summed E-state index contributed by atoms with van der Waals surface area (Å²) < 4.78 is 2.29. The third-order valence-corrected chi connectivity index (χ3v) is 8.01. The Morgan fingerprint density at radius 3 is 2.31 bits per heavy atom. The number of aryl methyl sites for hydroxylation is 1. The Bertz CT molecular complexity index is 876. The van der Waals surface area contributed by atoms with Crippen molar-refractivity contribution >= 4 is 16.3 Å². The van der Waals surface area contributed by atoms with E-state index in [4.69, 9.17) is 0 Å². The van der Waals surface area contributed by atoms with Gasteiger partial charge in [-0.3, -0.25) is 4.40 Å². The third-order valence-electron chi connectivity index (χ3n) is 7.14. The number of fused-ring (bicyclic) bond motifs is 1. The maximum Gasteiger partial charge on any atom is 0.193 e. The van der Waals surface area contributed by atoms with Crippen LogP contribution in [0, 0.1) is 0 Å². The van der Waals surface area contributed by atoms with Gasteiger partial charge in [0.05, 0.1) is 0 Å². The minimum absolute atomic E-state index is 0.638. The molecule has 0 aliphatic carbocycles. The summed E-state index contributed by atoms with van der Waals surface area (Å²) in [7, 11) is 0. The highest BCUT2D eigenvalue weighted by molar-refractivity contribution is 7.15. The van der Waals surface area contributed by atoms with Gasteiger partial charge in [-0.25, -0.2) is 4.98 Å². The summed E-state index contributed by atoms with van der Waals surface area (Å²) in [5.41, 5.74) is 4.47. The van der Waals surface area contributed by atoms with Crippen molar-refractivity contribution in [3.05, 3.63) is 58.9 Å². The molecule has 32 heavy (non-hydrogen) atoms. The summed E-state index contributed by atoms with van der Waals surface area (Å²) >= 11 is 1.77. The molecule has 0 fully saturated rings. The molecule has 2 aromatic heterocycles. The highest BCUT2D eigenvalue weighted by atomic mass is 32.1. The SMILES string of the molecule is CCCCCCCCCCc1ccc(C(C)CCCC(CC)c2csc3nccn23)cc1. The molecule has 0 saturated carbocycles. The smallest absolute Gasteiger partial charge is 0.193 e. The summed E-state index contributed by atoms with van der Waals surface area (Å²) in [5, 5.41) is 2.31. The largest absolute Gasteiger partial charge is 0.294 e. The lowest BCUT2D eigenvalue weighted by molar-refractivity contribution is 0.520. The van der Waals surface area contributed by atoms with Crippen LogP contribution in [0.15, 0.2) is 42.0 Å². The second-order valence-electron chi connectivity index (χ2n) is 9.64. The van der Waals surface area contributed by atoms with Crippen molar-refractivity contribution in [2.24, 2.45) is 0 Å². The Balaban J connectivity index is 1.35. The molecule has 1 aromatic carbocycles. The fourth-order valence-electron chi connectivity index (χ4n) is 4.91. The van der Waals surface area contributed by atoms with E-state index in [0.717, 1.165) is 4.96 Å². The Labute approximate surface area is 200 Å². The van der Waals surface area contributed by atoms with Crippen molar-refractivity contribution in [2.45, 2.75) is 116 Å². The molecule has 2 unspecified atom stereocenters. The van der Waals surface area contributed by atoms with Crippen molar-refractivity contribution in [1.82, 2.24) is 9.38 Å². The molecule has 3 aromatic rings. The molecule has 0 radical (unpaired) electrons. The lowest BCUT2D eigenvalue weighted by Crippen LogP contribution is -2.02. The molecule has 2 nitrogen and oxygen atoms in total. The van der Waals surface area contributed by atoms with Gasteiger partial charge in [0.1, 0.15) is 0 Å². The van der Waals surface area contributed by atoms with Crippen LogP contribution in [0.25, 0.3) is 4.96 Å². The first-order valence-electron chi connectivity index (χ1n) is 13.2. The first-order valence-corrected chi connectivity index (χ1v) is 14.1. The topological polar surface area (TPSA) is 17.3 Å². The van der Waals surface area contributed by atoms with Gasteiger partial charge in [0.25, 0.3) is 0 Å². The van der Waals surface area contributed by atoms with Gasteiger partial charge >= 0.3 is 0 Å². The van der Waals surface area contributed by atoms with Crippen molar-refractivity contribution in [2.75, 3.05) is 0 Å². The lowest BCUT2D eigenvalue weighted by atomic mass is 9.90. The highest BCUT2D eigenvalue weighted by Crippen LogP contribution is 2.31. The highest BCUT2D eigenvalue weighted by Gasteiger charge is 2.15. The monoisotopic (exact) mass is 452 g/mol. The number of rotatable bonds is 16. The molecular weight excluding hydrogens is 408 g/mol. The molecule has 3 heteroatoms. The quantitative estimate of drug-likeness (QED) is 0.198. The van der Waals surface area contributed by atoms with Crippen LogP contribution in [-0.2, 0) is 6.42 Å². The molecule has 3 rings (SSSR count). The number of hydrogen-bond acceptors (Lipinski definition) is 2. The molecule has 0 spiro atoms. The fraction of sp³-hybridized carbons (Fsp3) is 0.621. The number of aromatic nitrogens is 2. The minimum atomic E-state index is 0.638. The van der Waals surface area contributed by atoms with E-state index in [2.05, 4.69) is 66.0 Å². The summed E-state index contributed by atoms with van der Waals surface area (Å²) in [5.74, 6) is 1.28. The van der Waals surface area contributed by atoms with E-state index in [1.807, 2.05) is 6.20 Å². The van der Waals surface area contributed by atoms with E-state index in [-0.39, 0.29) is 0 Å². The molecular formula is C29H44N2S. The molecule has 0 aliphatic rings. The Hall–Kier alpha value is -1.61. The van der Waals surface area contributed by atoms with E-state index in [1.165, 1.54) is 100 Å². The standard InChI is InChI=1S/C29H44N2S/c1-4-6-7-8-9-10-11-12-15-25-17-19-27(20-18-25)24(3)14-13-16-26(5-2)28-23-32-29-30-21-22-31(28)29/h17-24,26H,4-16H2,1-3H3. The van der Waals surface area contributed by atoms with Crippen LogP contribution in [0.5, 0.6) is 0 Å². The molecule has 0 bridgehead atoms. The van der Waals surface area contributed by atoms with Gasteiger partial charge in [0, 0.05) is 29.4 Å². The van der Waals surface area contributed by atoms with Gasteiger partial charge in [-0.15, -0.1) is 11.3 Å². The van der Waals surface area contributed by atoms with Crippen LogP contribution in [-0.4, -0.2) is 9.38 Å². The molecule has 176 valence electrons. The number of unbranched alkanes of at least 4 members (excludes halogenated alkanes) is 7. The van der Waals surface area contributed by atoms with Crippen molar-refractivity contribution in [1.29, 1.82) is 0 Å². The van der Waals surface area contributed by atoms with Crippen molar-refractivity contribution < 1.29 is 0 Å².